The minimum absolute atomic E-state index is 0.0296. The van der Waals surface area contributed by atoms with Crippen molar-refractivity contribution in [2.75, 3.05) is 0 Å². The summed E-state index contributed by atoms with van der Waals surface area (Å²) in [6.07, 6.45) is 0.309. The Morgan fingerprint density at radius 2 is 1.74 bits per heavy atom. The summed E-state index contributed by atoms with van der Waals surface area (Å²) in [4.78, 5) is 33.5. The van der Waals surface area contributed by atoms with Gasteiger partial charge in [-0.2, -0.15) is 0 Å². The number of phenolic OH excluding ortho intramolecular Hbond substituents is 1. The number of aromatic amines is 1. The van der Waals surface area contributed by atoms with E-state index >= 15 is 0 Å². The van der Waals surface area contributed by atoms with E-state index in [4.69, 9.17) is 4.99 Å². The van der Waals surface area contributed by atoms with Crippen molar-refractivity contribution in [1.29, 1.82) is 0 Å². The Kier molecular flexibility index (Phi) is 5.81. The molecule has 0 radical (unpaired) electrons. The standard InChI is InChI=1S/C26H21N3O4S/c30-18-10-6-9-17(13-18)22-14-20(27-19-11-4-5-12-21(19)34-22)23-24(31)28-26(33)29(25(23)32)15-16-7-2-1-3-8-16/h1-13,22,30,32H,14-15H2,(H,28,31,33)/t22-/m0/s1. The lowest BCUT2D eigenvalue weighted by Crippen LogP contribution is -2.34. The topological polar surface area (TPSA) is 108 Å². The molecule has 0 spiro atoms. The van der Waals surface area contributed by atoms with Crippen molar-refractivity contribution in [2.24, 2.45) is 4.99 Å². The van der Waals surface area contributed by atoms with Gasteiger partial charge >= 0.3 is 5.69 Å². The molecule has 1 atom stereocenters. The highest BCUT2D eigenvalue weighted by molar-refractivity contribution is 7.99. The number of H-pyrrole nitrogens is 1. The Labute approximate surface area is 199 Å². The molecule has 0 amide bonds. The molecule has 0 bridgehead atoms. The number of benzene rings is 3. The molecule has 0 fully saturated rings. The zero-order valence-corrected chi connectivity index (χ0v) is 18.8. The van der Waals surface area contributed by atoms with Crippen LogP contribution in [0.1, 0.15) is 28.4 Å². The van der Waals surface area contributed by atoms with Crippen LogP contribution in [-0.4, -0.2) is 25.5 Å². The molecule has 1 aliphatic heterocycles. The predicted molar refractivity (Wildman–Crippen MR) is 132 cm³/mol. The van der Waals surface area contributed by atoms with Crippen LogP contribution in [0.2, 0.25) is 0 Å². The summed E-state index contributed by atoms with van der Waals surface area (Å²) in [7, 11) is 0. The van der Waals surface area contributed by atoms with E-state index in [2.05, 4.69) is 4.98 Å². The van der Waals surface area contributed by atoms with Crippen LogP contribution < -0.4 is 11.2 Å². The van der Waals surface area contributed by atoms with Crippen LogP contribution in [0.15, 0.2) is 98.3 Å². The van der Waals surface area contributed by atoms with Crippen molar-refractivity contribution < 1.29 is 10.2 Å². The molecule has 7 nitrogen and oxygen atoms in total. The zero-order chi connectivity index (χ0) is 23.7. The largest absolute Gasteiger partial charge is 0.508 e. The smallest absolute Gasteiger partial charge is 0.331 e. The van der Waals surface area contributed by atoms with Crippen LogP contribution in [0, 0.1) is 0 Å². The summed E-state index contributed by atoms with van der Waals surface area (Å²) >= 11 is 1.57. The van der Waals surface area contributed by atoms with Crippen molar-refractivity contribution in [3.63, 3.8) is 0 Å². The number of aliphatic imine (C=N–C) groups is 1. The molecule has 0 saturated heterocycles. The van der Waals surface area contributed by atoms with Gasteiger partial charge < -0.3 is 10.2 Å². The Hall–Kier alpha value is -4.04. The molecular weight excluding hydrogens is 450 g/mol. The molecule has 0 unspecified atom stereocenters. The third kappa shape index (κ3) is 4.27. The van der Waals surface area contributed by atoms with Crippen molar-refractivity contribution in [3.05, 3.63) is 116 Å². The number of aromatic hydroxyl groups is 2. The van der Waals surface area contributed by atoms with E-state index in [0.29, 0.717) is 17.8 Å². The van der Waals surface area contributed by atoms with E-state index in [1.54, 1.807) is 30.0 Å². The van der Waals surface area contributed by atoms with Crippen LogP contribution in [0.4, 0.5) is 5.69 Å². The quantitative estimate of drug-likeness (QED) is 0.410. The summed E-state index contributed by atoms with van der Waals surface area (Å²) < 4.78 is 1.14. The molecule has 2 heterocycles. The lowest BCUT2D eigenvalue weighted by Gasteiger charge is -2.17. The Balaban J connectivity index is 1.65. The van der Waals surface area contributed by atoms with Gasteiger partial charge in [0.15, 0.2) is 0 Å². The van der Waals surface area contributed by atoms with Gasteiger partial charge in [-0.3, -0.25) is 19.3 Å². The average Bonchev–Trinajstić information content (AvgIpc) is 3.02. The zero-order valence-electron chi connectivity index (χ0n) is 18.0. The summed E-state index contributed by atoms with van der Waals surface area (Å²) in [5, 5.41) is 21.0. The molecule has 34 heavy (non-hydrogen) atoms. The first-order valence-corrected chi connectivity index (χ1v) is 11.6. The number of para-hydroxylation sites is 1. The molecule has 0 saturated carbocycles. The minimum atomic E-state index is -0.691. The summed E-state index contributed by atoms with van der Waals surface area (Å²) in [5.41, 5.74) is 1.30. The second-order valence-electron chi connectivity index (χ2n) is 7.96. The second kappa shape index (κ2) is 9.07. The molecule has 8 heteroatoms. The Morgan fingerprint density at radius 3 is 2.53 bits per heavy atom. The fourth-order valence-electron chi connectivity index (χ4n) is 4.01. The summed E-state index contributed by atoms with van der Waals surface area (Å²) in [6.45, 7) is 0.101. The summed E-state index contributed by atoms with van der Waals surface area (Å²) in [6, 6.07) is 23.7. The number of aromatic nitrogens is 2. The van der Waals surface area contributed by atoms with Gasteiger partial charge in [0.2, 0.25) is 5.88 Å². The molecule has 1 aliphatic rings. The Bertz CT molecular complexity index is 1510. The maximum atomic E-state index is 12.9. The number of hydrogen-bond acceptors (Lipinski definition) is 6. The fraction of sp³-hybridized carbons (Fsp3) is 0.115. The molecule has 4 aromatic rings. The molecule has 0 aliphatic carbocycles. The number of phenols is 1. The molecule has 5 rings (SSSR count). The van der Waals surface area contributed by atoms with E-state index in [0.717, 1.165) is 20.6 Å². The van der Waals surface area contributed by atoms with Gasteiger partial charge in [0, 0.05) is 16.6 Å². The van der Waals surface area contributed by atoms with E-state index in [-0.39, 0.29) is 23.1 Å². The summed E-state index contributed by atoms with van der Waals surface area (Å²) in [5.74, 6) is -0.276. The lowest BCUT2D eigenvalue weighted by molar-refractivity contribution is 0.407. The van der Waals surface area contributed by atoms with Crippen molar-refractivity contribution >= 4 is 23.2 Å². The van der Waals surface area contributed by atoms with Crippen LogP contribution in [0.25, 0.3) is 0 Å². The number of thioether (sulfide) groups is 1. The average molecular weight is 472 g/mol. The number of fused-ring (bicyclic) bond motifs is 1. The second-order valence-corrected chi connectivity index (χ2v) is 9.21. The number of rotatable bonds is 4. The van der Waals surface area contributed by atoms with Crippen LogP contribution in [-0.2, 0) is 6.54 Å². The van der Waals surface area contributed by atoms with E-state index < -0.39 is 17.1 Å². The lowest BCUT2D eigenvalue weighted by atomic mass is 10.0. The van der Waals surface area contributed by atoms with Crippen LogP contribution >= 0.6 is 11.8 Å². The third-order valence-electron chi connectivity index (χ3n) is 5.65. The van der Waals surface area contributed by atoms with Gasteiger partial charge in [0.1, 0.15) is 11.3 Å². The highest BCUT2D eigenvalue weighted by Crippen LogP contribution is 2.46. The highest BCUT2D eigenvalue weighted by atomic mass is 32.2. The number of hydrogen-bond donors (Lipinski definition) is 3. The van der Waals surface area contributed by atoms with Gasteiger partial charge in [-0.05, 0) is 35.4 Å². The first-order chi connectivity index (χ1) is 16.5. The third-order valence-corrected chi connectivity index (χ3v) is 6.98. The predicted octanol–water partition coefficient (Wildman–Crippen LogP) is 4.35. The maximum absolute atomic E-state index is 12.9. The minimum Gasteiger partial charge on any atom is -0.508 e. The Morgan fingerprint density at radius 1 is 0.971 bits per heavy atom. The van der Waals surface area contributed by atoms with Crippen molar-refractivity contribution in [1.82, 2.24) is 9.55 Å². The highest BCUT2D eigenvalue weighted by Gasteiger charge is 2.27. The van der Waals surface area contributed by atoms with Crippen LogP contribution in [0.3, 0.4) is 0 Å². The van der Waals surface area contributed by atoms with E-state index in [1.807, 2.05) is 60.7 Å². The van der Waals surface area contributed by atoms with Crippen molar-refractivity contribution in [2.45, 2.75) is 23.1 Å². The maximum Gasteiger partial charge on any atom is 0.331 e. The van der Waals surface area contributed by atoms with Crippen LogP contribution in [0.5, 0.6) is 11.6 Å². The molecule has 1 aromatic heterocycles. The first kappa shape index (κ1) is 21.8. The number of nitrogens with one attached hydrogen (secondary N) is 1. The fourth-order valence-corrected chi connectivity index (χ4v) is 5.23. The molecule has 3 aromatic carbocycles. The molecular formula is C26H21N3O4S. The van der Waals surface area contributed by atoms with Gasteiger partial charge in [-0.1, -0.05) is 54.6 Å². The van der Waals surface area contributed by atoms with Gasteiger partial charge in [-0.15, -0.1) is 11.8 Å². The monoisotopic (exact) mass is 471 g/mol. The molecule has 170 valence electrons. The molecule has 3 N–H and O–H groups in total. The first-order valence-electron chi connectivity index (χ1n) is 10.7. The van der Waals surface area contributed by atoms with Gasteiger partial charge in [0.25, 0.3) is 5.56 Å². The van der Waals surface area contributed by atoms with E-state index in [9.17, 15) is 19.8 Å². The van der Waals surface area contributed by atoms with E-state index in [1.165, 1.54) is 0 Å². The van der Waals surface area contributed by atoms with Gasteiger partial charge in [-0.25, -0.2) is 4.79 Å². The van der Waals surface area contributed by atoms with Gasteiger partial charge in [0.05, 0.1) is 17.9 Å². The normalized spacial score (nSPS) is 15.3. The SMILES string of the molecule is O=c1[nH]c(=O)n(Cc2ccccc2)c(O)c1C1=Nc2ccccc2S[C@H](c2cccc(O)c2)C1. The number of nitrogens with zero attached hydrogens (tertiary/aromatic N) is 2. The van der Waals surface area contributed by atoms with Crippen molar-refractivity contribution in [3.8, 4) is 11.6 Å².